The summed E-state index contributed by atoms with van der Waals surface area (Å²) in [5.41, 5.74) is 5.13. The zero-order chi connectivity index (χ0) is 11.5. The molecule has 1 amide bonds. The average molecular weight is 214 g/mol. The van der Waals surface area contributed by atoms with Crippen LogP contribution >= 0.6 is 0 Å². The Bertz CT molecular complexity index is 231. The number of nitrogens with zero attached hydrogens (tertiary/aromatic N) is 1. The highest BCUT2D eigenvalue weighted by Gasteiger charge is 2.40. The van der Waals surface area contributed by atoms with E-state index in [1.54, 1.807) is 4.90 Å². The minimum Gasteiger partial charge on any atom is -0.441 e. The molecule has 0 saturated carbocycles. The quantitative estimate of drug-likeness (QED) is 0.756. The molecule has 1 saturated heterocycles. The molecule has 0 aromatic carbocycles. The first-order valence-electron chi connectivity index (χ1n) is 5.65. The second kappa shape index (κ2) is 4.84. The Morgan fingerprint density at radius 2 is 2.27 bits per heavy atom. The summed E-state index contributed by atoms with van der Waals surface area (Å²) in [6, 6.07) is 0. The van der Waals surface area contributed by atoms with Gasteiger partial charge in [-0.05, 0) is 32.2 Å². The normalized spacial score (nSPS) is 26.2. The van der Waals surface area contributed by atoms with E-state index in [1.807, 2.05) is 6.92 Å². The predicted molar refractivity (Wildman–Crippen MR) is 59.6 cm³/mol. The van der Waals surface area contributed by atoms with Gasteiger partial charge in [0.25, 0.3) is 0 Å². The first-order chi connectivity index (χ1) is 6.97. The van der Waals surface area contributed by atoms with Gasteiger partial charge in [0, 0.05) is 6.54 Å². The van der Waals surface area contributed by atoms with Gasteiger partial charge >= 0.3 is 6.09 Å². The Hall–Kier alpha value is -0.770. The summed E-state index contributed by atoms with van der Waals surface area (Å²) in [5.74, 6) is 0.481. The molecule has 1 fully saturated rings. The number of rotatable bonds is 5. The van der Waals surface area contributed by atoms with Gasteiger partial charge < -0.3 is 15.4 Å². The van der Waals surface area contributed by atoms with Crippen LogP contribution in [0.5, 0.6) is 0 Å². The molecule has 0 aromatic heterocycles. The van der Waals surface area contributed by atoms with E-state index in [9.17, 15) is 4.79 Å². The molecule has 0 bridgehead atoms. The van der Waals surface area contributed by atoms with E-state index in [4.69, 9.17) is 10.5 Å². The number of hydrogen-bond acceptors (Lipinski definition) is 3. The lowest BCUT2D eigenvalue weighted by Crippen LogP contribution is -2.33. The fraction of sp³-hybridized carbons (Fsp3) is 0.909. The summed E-state index contributed by atoms with van der Waals surface area (Å²) in [4.78, 5) is 13.4. The number of ether oxygens (including phenoxy) is 1. The van der Waals surface area contributed by atoms with Crippen molar-refractivity contribution in [1.82, 2.24) is 4.90 Å². The minimum atomic E-state index is -0.328. The molecular formula is C11H22N2O2. The van der Waals surface area contributed by atoms with Gasteiger partial charge in [0.05, 0.1) is 6.54 Å². The third-order valence-electron chi connectivity index (χ3n) is 2.61. The van der Waals surface area contributed by atoms with Crippen molar-refractivity contribution in [2.24, 2.45) is 11.7 Å². The monoisotopic (exact) mass is 214 g/mol. The maximum atomic E-state index is 11.6. The lowest BCUT2D eigenvalue weighted by molar-refractivity contribution is 0.0638. The summed E-state index contributed by atoms with van der Waals surface area (Å²) in [6.45, 7) is 8.31. The smallest absolute Gasteiger partial charge is 0.410 e. The molecule has 88 valence electrons. The highest BCUT2D eigenvalue weighted by molar-refractivity contribution is 5.70. The van der Waals surface area contributed by atoms with Crippen molar-refractivity contribution in [3.63, 3.8) is 0 Å². The van der Waals surface area contributed by atoms with Crippen LogP contribution in [-0.4, -0.2) is 36.2 Å². The van der Waals surface area contributed by atoms with Gasteiger partial charge in [0.1, 0.15) is 5.60 Å². The molecule has 1 unspecified atom stereocenters. The van der Waals surface area contributed by atoms with E-state index in [1.165, 1.54) is 0 Å². The van der Waals surface area contributed by atoms with Crippen LogP contribution in [0.1, 0.15) is 33.6 Å². The zero-order valence-corrected chi connectivity index (χ0v) is 9.95. The molecule has 1 rings (SSSR count). The van der Waals surface area contributed by atoms with Gasteiger partial charge in [-0.3, -0.25) is 0 Å². The molecule has 0 aromatic rings. The molecule has 0 aliphatic carbocycles. The summed E-state index contributed by atoms with van der Waals surface area (Å²) in [6.07, 6.45) is 1.58. The number of hydrogen-bond donors (Lipinski definition) is 1. The van der Waals surface area contributed by atoms with Crippen molar-refractivity contribution < 1.29 is 9.53 Å². The summed E-state index contributed by atoms with van der Waals surface area (Å²) in [5, 5.41) is 0. The lowest BCUT2D eigenvalue weighted by atomic mass is 10.00. The molecule has 15 heavy (non-hydrogen) atoms. The van der Waals surface area contributed by atoms with Crippen LogP contribution in [0.4, 0.5) is 4.79 Å². The van der Waals surface area contributed by atoms with Crippen LogP contribution in [0.3, 0.4) is 0 Å². The van der Waals surface area contributed by atoms with E-state index in [0.717, 1.165) is 19.4 Å². The fourth-order valence-corrected chi connectivity index (χ4v) is 1.96. The average Bonchev–Trinajstić information content (AvgIpc) is 2.38. The number of carbonyl (C=O) groups excluding carboxylic acids is 1. The highest BCUT2D eigenvalue weighted by atomic mass is 16.6. The van der Waals surface area contributed by atoms with Gasteiger partial charge in [-0.25, -0.2) is 4.79 Å². The number of nitrogens with two attached hydrogens (primary N) is 1. The molecule has 1 aliphatic heterocycles. The molecule has 0 radical (unpaired) electrons. The predicted octanol–water partition coefficient (Wildman–Crippen LogP) is 1.59. The van der Waals surface area contributed by atoms with Crippen LogP contribution in [-0.2, 0) is 4.74 Å². The van der Waals surface area contributed by atoms with Crippen molar-refractivity contribution in [2.45, 2.75) is 39.2 Å². The van der Waals surface area contributed by atoms with Gasteiger partial charge in [0.2, 0.25) is 0 Å². The van der Waals surface area contributed by atoms with Gasteiger partial charge in [-0.2, -0.15) is 0 Å². The summed E-state index contributed by atoms with van der Waals surface area (Å²) in [7, 11) is 0. The van der Waals surface area contributed by atoms with E-state index >= 15 is 0 Å². The zero-order valence-electron chi connectivity index (χ0n) is 9.95. The number of carbonyl (C=O) groups is 1. The standard InChI is InChI=1S/C11H22N2O2/c1-9(2)7-13-8-11(3,5-4-6-12)15-10(13)14/h9H,4-8,12H2,1-3H3. The van der Waals surface area contributed by atoms with Crippen LogP contribution in [0.15, 0.2) is 0 Å². The van der Waals surface area contributed by atoms with Crippen LogP contribution in [0.25, 0.3) is 0 Å². The molecule has 4 heteroatoms. The maximum Gasteiger partial charge on any atom is 0.410 e. The topological polar surface area (TPSA) is 55.6 Å². The van der Waals surface area contributed by atoms with E-state index in [2.05, 4.69) is 13.8 Å². The molecule has 4 nitrogen and oxygen atoms in total. The number of cyclic esters (lactones) is 1. The summed E-state index contributed by atoms with van der Waals surface area (Å²) >= 11 is 0. The van der Waals surface area contributed by atoms with Crippen LogP contribution in [0.2, 0.25) is 0 Å². The van der Waals surface area contributed by atoms with Gasteiger partial charge in [0.15, 0.2) is 0 Å². The maximum absolute atomic E-state index is 11.6. The van der Waals surface area contributed by atoms with Crippen LogP contribution in [0, 0.1) is 5.92 Å². The van der Waals surface area contributed by atoms with Crippen molar-refractivity contribution in [3.8, 4) is 0 Å². The van der Waals surface area contributed by atoms with Gasteiger partial charge in [-0.15, -0.1) is 0 Å². The van der Waals surface area contributed by atoms with E-state index in [0.29, 0.717) is 19.0 Å². The van der Waals surface area contributed by atoms with Crippen molar-refractivity contribution in [2.75, 3.05) is 19.6 Å². The van der Waals surface area contributed by atoms with Crippen molar-refractivity contribution >= 4 is 6.09 Å². The lowest BCUT2D eigenvalue weighted by Gasteiger charge is -2.21. The Kier molecular flexibility index (Phi) is 3.97. The third kappa shape index (κ3) is 3.38. The molecule has 1 atom stereocenters. The largest absolute Gasteiger partial charge is 0.441 e. The SMILES string of the molecule is CC(C)CN1CC(C)(CCCN)OC1=O. The third-order valence-corrected chi connectivity index (χ3v) is 2.61. The van der Waals surface area contributed by atoms with Crippen molar-refractivity contribution in [3.05, 3.63) is 0 Å². The Morgan fingerprint density at radius 3 is 2.80 bits per heavy atom. The van der Waals surface area contributed by atoms with Crippen molar-refractivity contribution in [1.29, 1.82) is 0 Å². The second-order valence-corrected chi connectivity index (χ2v) is 4.98. The highest BCUT2D eigenvalue weighted by Crippen LogP contribution is 2.27. The minimum absolute atomic E-state index is 0.178. The molecule has 0 spiro atoms. The first-order valence-corrected chi connectivity index (χ1v) is 5.65. The van der Waals surface area contributed by atoms with Gasteiger partial charge in [-0.1, -0.05) is 13.8 Å². The Morgan fingerprint density at radius 1 is 1.60 bits per heavy atom. The van der Waals surface area contributed by atoms with E-state index < -0.39 is 0 Å². The molecule has 1 heterocycles. The second-order valence-electron chi connectivity index (χ2n) is 4.98. The fourth-order valence-electron chi connectivity index (χ4n) is 1.96. The number of amides is 1. The summed E-state index contributed by atoms with van der Waals surface area (Å²) < 4.78 is 5.40. The molecule has 2 N–H and O–H groups in total. The first kappa shape index (κ1) is 12.3. The van der Waals surface area contributed by atoms with Crippen LogP contribution < -0.4 is 5.73 Å². The molecule has 1 aliphatic rings. The van der Waals surface area contributed by atoms with E-state index in [-0.39, 0.29) is 11.7 Å². The Labute approximate surface area is 91.8 Å². The Balaban J connectivity index is 2.50. The molecular weight excluding hydrogens is 192 g/mol.